The minimum atomic E-state index is 0.222. The van der Waals surface area contributed by atoms with Gasteiger partial charge < -0.3 is 4.74 Å². The summed E-state index contributed by atoms with van der Waals surface area (Å²) in [5.74, 6) is 0.972. The smallest absolute Gasteiger partial charge is 0.163 e. The second-order valence-corrected chi connectivity index (χ2v) is 4.39. The number of hydrogen-bond acceptors (Lipinski definition) is 3. The Bertz CT molecular complexity index is 578. The minimum absolute atomic E-state index is 0.222. The van der Waals surface area contributed by atoms with E-state index in [0.29, 0.717) is 13.0 Å². The van der Waals surface area contributed by atoms with Crippen molar-refractivity contribution >= 4 is 5.78 Å². The van der Waals surface area contributed by atoms with Crippen molar-refractivity contribution in [2.24, 2.45) is 0 Å². The fraction of sp³-hybridized carbons (Fsp3) is 0.200. The number of nitrogens with zero attached hydrogens (tertiary/aromatic N) is 1. The van der Waals surface area contributed by atoms with Gasteiger partial charge in [0.25, 0.3) is 0 Å². The van der Waals surface area contributed by atoms with Gasteiger partial charge in [0.1, 0.15) is 12.4 Å². The molecule has 0 aliphatic heterocycles. The van der Waals surface area contributed by atoms with Crippen LogP contribution in [0.1, 0.15) is 27.9 Å². The van der Waals surface area contributed by atoms with Crippen molar-refractivity contribution in [1.29, 1.82) is 0 Å². The van der Waals surface area contributed by atoms with Crippen LogP contribution in [0.4, 0.5) is 0 Å². The number of ketones is 1. The number of aromatic nitrogens is 1. The molecule has 0 saturated heterocycles. The van der Waals surface area contributed by atoms with Gasteiger partial charge in [-0.3, -0.25) is 9.78 Å². The summed E-state index contributed by atoms with van der Waals surface area (Å²) in [6, 6.07) is 9.60. The molecule has 1 heterocycles. The quantitative estimate of drug-likeness (QED) is 0.826. The molecule has 18 heavy (non-hydrogen) atoms. The molecular weight excluding hydrogens is 226 g/mol. The first-order chi connectivity index (χ1) is 8.83. The molecule has 0 bridgehead atoms. The molecule has 90 valence electrons. The standard InChI is InChI=1S/C15H13NO2/c17-15-4-2-12-1-3-13(9-14(12)15)18-10-11-5-7-16-8-6-11/h1,3,5-9H,2,4,10H2. The number of carbonyl (C=O) groups is 1. The van der Waals surface area contributed by atoms with Gasteiger partial charge in [-0.1, -0.05) is 6.07 Å². The van der Waals surface area contributed by atoms with Crippen LogP contribution in [0.15, 0.2) is 42.7 Å². The maximum absolute atomic E-state index is 11.6. The number of ether oxygens (including phenoxy) is 1. The number of fused-ring (bicyclic) bond motifs is 1. The largest absolute Gasteiger partial charge is 0.489 e. The predicted molar refractivity (Wildman–Crippen MR) is 67.7 cm³/mol. The molecular formula is C15H13NO2. The van der Waals surface area contributed by atoms with Gasteiger partial charge >= 0.3 is 0 Å². The van der Waals surface area contributed by atoms with Crippen molar-refractivity contribution in [2.75, 3.05) is 0 Å². The van der Waals surface area contributed by atoms with E-state index in [1.54, 1.807) is 12.4 Å². The molecule has 3 rings (SSSR count). The Labute approximate surface area is 105 Å². The van der Waals surface area contributed by atoms with Crippen molar-refractivity contribution in [3.05, 3.63) is 59.4 Å². The lowest BCUT2D eigenvalue weighted by Gasteiger charge is -2.07. The monoisotopic (exact) mass is 239 g/mol. The summed E-state index contributed by atoms with van der Waals surface area (Å²) in [4.78, 5) is 15.6. The summed E-state index contributed by atoms with van der Waals surface area (Å²) in [5.41, 5.74) is 3.02. The Morgan fingerprint density at radius 3 is 2.78 bits per heavy atom. The lowest BCUT2D eigenvalue weighted by molar-refractivity contribution is 0.0994. The first-order valence-electron chi connectivity index (χ1n) is 6.01. The number of aryl methyl sites for hydroxylation is 1. The van der Waals surface area contributed by atoms with Crippen LogP contribution >= 0.6 is 0 Å². The maximum atomic E-state index is 11.6. The van der Waals surface area contributed by atoms with Crippen LogP contribution in [0, 0.1) is 0 Å². The zero-order chi connectivity index (χ0) is 12.4. The van der Waals surface area contributed by atoms with Crippen LogP contribution in [0.2, 0.25) is 0 Å². The molecule has 0 amide bonds. The second-order valence-electron chi connectivity index (χ2n) is 4.39. The Morgan fingerprint density at radius 2 is 1.94 bits per heavy atom. The third kappa shape index (κ3) is 2.12. The van der Waals surface area contributed by atoms with E-state index in [2.05, 4.69) is 4.98 Å². The SMILES string of the molecule is O=C1CCc2ccc(OCc3ccncc3)cc21. The maximum Gasteiger partial charge on any atom is 0.163 e. The predicted octanol–water partition coefficient (Wildman–Crippen LogP) is 2.79. The fourth-order valence-electron chi connectivity index (χ4n) is 2.15. The highest BCUT2D eigenvalue weighted by Gasteiger charge is 2.19. The molecule has 1 aliphatic rings. The molecule has 0 N–H and O–H groups in total. The average molecular weight is 239 g/mol. The van der Waals surface area contributed by atoms with Gasteiger partial charge in [0, 0.05) is 24.4 Å². The minimum Gasteiger partial charge on any atom is -0.489 e. The zero-order valence-electron chi connectivity index (χ0n) is 9.93. The first-order valence-corrected chi connectivity index (χ1v) is 6.01. The van der Waals surface area contributed by atoms with Crippen molar-refractivity contribution in [1.82, 2.24) is 4.98 Å². The Kier molecular flexibility index (Phi) is 2.81. The number of pyridine rings is 1. The lowest BCUT2D eigenvalue weighted by Crippen LogP contribution is -1.97. The zero-order valence-corrected chi connectivity index (χ0v) is 9.93. The summed E-state index contributed by atoms with van der Waals surface area (Å²) >= 11 is 0. The molecule has 0 fully saturated rings. The molecule has 3 heteroatoms. The molecule has 3 nitrogen and oxygen atoms in total. The molecule has 1 aromatic carbocycles. The molecule has 0 atom stereocenters. The van der Waals surface area contributed by atoms with Crippen molar-refractivity contribution in [3.8, 4) is 5.75 Å². The van der Waals surface area contributed by atoms with Gasteiger partial charge in [-0.15, -0.1) is 0 Å². The highest BCUT2D eigenvalue weighted by atomic mass is 16.5. The third-order valence-electron chi connectivity index (χ3n) is 3.16. The average Bonchev–Trinajstić information content (AvgIpc) is 2.79. The van der Waals surface area contributed by atoms with Crippen LogP contribution in [-0.2, 0) is 13.0 Å². The topological polar surface area (TPSA) is 39.2 Å². The second kappa shape index (κ2) is 4.61. The molecule has 1 aliphatic carbocycles. The number of benzene rings is 1. The van der Waals surface area contributed by atoms with Crippen LogP contribution < -0.4 is 4.74 Å². The van der Waals surface area contributed by atoms with Gasteiger partial charge in [0.05, 0.1) is 0 Å². The van der Waals surface area contributed by atoms with E-state index in [4.69, 9.17) is 4.74 Å². The van der Waals surface area contributed by atoms with E-state index in [-0.39, 0.29) is 5.78 Å². The number of hydrogen-bond donors (Lipinski definition) is 0. The normalized spacial score (nSPS) is 13.4. The summed E-state index contributed by atoms with van der Waals surface area (Å²) in [5, 5.41) is 0. The van der Waals surface area contributed by atoms with Gasteiger partial charge in [-0.2, -0.15) is 0 Å². The van der Waals surface area contributed by atoms with Crippen molar-refractivity contribution < 1.29 is 9.53 Å². The van der Waals surface area contributed by atoms with Crippen molar-refractivity contribution in [2.45, 2.75) is 19.4 Å². The molecule has 0 unspecified atom stereocenters. The van der Waals surface area contributed by atoms with E-state index in [1.165, 1.54) is 0 Å². The lowest BCUT2D eigenvalue weighted by atomic mass is 10.1. The molecule has 0 radical (unpaired) electrons. The van der Waals surface area contributed by atoms with Crippen LogP contribution in [-0.4, -0.2) is 10.8 Å². The van der Waals surface area contributed by atoms with Gasteiger partial charge in [0.2, 0.25) is 0 Å². The number of Topliss-reactive ketones (excluding diaryl/α,β-unsaturated/α-hetero) is 1. The van der Waals surface area contributed by atoms with Gasteiger partial charge in [-0.25, -0.2) is 0 Å². The fourth-order valence-corrected chi connectivity index (χ4v) is 2.15. The molecule has 1 aromatic heterocycles. The summed E-state index contributed by atoms with van der Waals surface area (Å²) in [6.07, 6.45) is 4.97. The Balaban J connectivity index is 1.74. The van der Waals surface area contributed by atoms with Crippen LogP contribution in [0.25, 0.3) is 0 Å². The van der Waals surface area contributed by atoms with E-state index < -0.39 is 0 Å². The Hall–Kier alpha value is -2.16. The van der Waals surface area contributed by atoms with E-state index >= 15 is 0 Å². The first kappa shape index (κ1) is 11.0. The molecule has 0 saturated carbocycles. The highest BCUT2D eigenvalue weighted by molar-refractivity contribution is 6.00. The van der Waals surface area contributed by atoms with Crippen molar-refractivity contribution in [3.63, 3.8) is 0 Å². The Morgan fingerprint density at radius 1 is 1.11 bits per heavy atom. The number of rotatable bonds is 3. The molecule has 0 spiro atoms. The van der Waals surface area contributed by atoms with E-state index in [9.17, 15) is 4.79 Å². The van der Waals surface area contributed by atoms with Crippen LogP contribution in [0.3, 0.4) is 0 Å². The summed E-state index contributed by atoms with van der Waals surface area (Å²) < 4.78 is 5.69. The highest BCUT2D eigenvalue weighted by Crippen LogP contribution is 2.26. The molecule has 2 aromatic rings. The van der Waals surface area contributed by atoms with E-state index in [0.717, 1.165) is 28.9 Å². The number of carbonyl (C=O) groups excluding carboxylic acids is 1. The van der Waals surface area contributed by atoms with Crippen LogP contribution in [0.5, 0.6) is 5.75 Å². The van der Waals surface area contributed by atoms with Gasteiger partial charge in [-0.05, 0) is 41.8 Å². The summed E-state index contributed by atoms with van der Waals surface area (Å²) in [6.45, 7) is 0.496. The van der Waals surface area contributed by atoms with E-state index in [1.807, 2.05) is 30.3 Å². The third-order valence-corrected chi connectivity index (χ3v) is 3.16. The summed E-state index contributed by atoms with van der Waals surface area (Å²) in [7, 11) is 0. The van der Waals surface area contributed by atoms with Gasteiger partial charge in [0.15, 0.2) is 5.78 Å².